The summed E-state index contributed by atoms with van der Waals surface area (Å²) in [7, 11) is 3.07. The van der Waals surface area contributed by atoms with E-state index in [1.807, 2.05) is 6.07 Å². The highest BCUT2D eigenvalue weighted by atomic mass is 19.1. The van der Waals surface area contributed by atoms with Crippen molar-refractivity contribution in [1.29, 1.82) is 0 Å². The zero-order valence-corrected chi connectivity index (χ0v) is 13.1. The van der Waals surface area contributed by atoms with Crippen LogP contribution in [-0.2, 0) is 0 Å². The van der Waals surface area contributed by atoms with Crippen LogP contribution < -0.4 is 14.2 Å². The van der Waals surface area contributed by atoms with Crippen LogP contribution in [0, 0.1) is 17.9 Å². The zero-order chi connectivity index (χ0) is 16.6. The quantitative estimate of drug-likeness (QED) is 0.548. The van der Waals surface area contributed by atoms with E-state index in [1.165, 1.54) is 19.2 Å². The maximum Gasteiger partial charge on any atom is 0.235 e. The molecule has 0 radical (unpaired) electrons. The zero-order valence-electron chi connectivity index (χ0n) is 13.1. The van der Waals surface area contributed by atoms with Gasteiger partial charge in [0.05, 0.1) is 14.2 Å². The topological polar surface area (TPSA) is 45.4 Å². The minimum absolute atomic E-state index is 0.354. The third-order valence-corrected chi connectivity index (χ3v) is 3.82. The van der Waals surface area contributed by atoms with Crippen molar-refractivity contribution in [3.05, 3.63) is 59.2 Å². The van der Waals surface area contributed by atoms with Gasteiger partial charge in [-0.05, 0) is 41.8 Å². The van der Waals surface area contributed by atoms with Crippen molar-refractivity contribution in [3.8, 4) is 22.8 Å². The average molecular weight is 313 g/mol. The lowest BCUT2D eigenvalue weighted by Crippen LogP contribution is -2.33. The smallest absolute Gasteiger partial charge is 0.235 e. The summed E-state index contributed by atoms with van der Waals surface area (Å²) in [5.41, 5.74) is 1.57. The maximum atomic E-state index is 13.2. The lowest BCUT2D eigenvalue weighted by atomic mass is 10.0. The fourth-order valence-corrected chi connectivity index (χ4v) is 2.74. The van der Waals surface area contributed by atoms with Crippen LogP contribution in [0.4, 0.5) is 4.39 Å². The SMILES string of the molecule is COc1ccc2cc(C)[n+]([O-])c(-c3ccc(F)cc3)c2c1OC. The molecule has 0 aliphatic rings. The molecule has 0 amide bonds. The van der Waals surface area contributed by atoms with Gasteiger partial charge in [-0.3, -0.25) is 0 Å². The Morgan fingerprint density at radius 2 is 1.70 bits per heavy atom. The molecule has 118 valence electrons. The second-order valence-electron chi connectivity index (χ2n) is 5.20. The summed E-state index contributed by atoms with van der Waals surface area (Å²) in [6.07, 6.45) is 0. The third kappa shape index (κ3) is 2.44. The molecule has 0 unspecified atom stereocenters. The molecule has 0 aliphatic heterocycles. The van der Waals surface area contributed by atoms with Crippen LogP contribution in [0.3, 0.4) is 0 Å². The molecule has 4 nitrogen and oxygen atoms in total. The summed E-state index contributed by atoms with van der Waals surface area (Å²) in [6.45, 7) is 1.73. The van der Waals surface area contributed by atoms with Crippen LogP contribution in [-0.4, -0.2) is 14.2 Å². The first-order chi connectivity index (χ1) is 11.1. The number of halogens is 1. The highest BCUT2D eigenvalue weighted by Crippen LogP contribution is 2.39. The minimum Gasteiger partial charge on any atom is -0.618 e. The van der Waals surface area contributed by atoms with Gasteiger partial charge in [0.15, 0.2) is 17.2 Å². The van der Waals surface area contributed by atoms with Crippen molar-refractivity contribution in [2.24, 2.45) is 0 Å². The van der Waals surface area contributed by atoms with E-state index in [0.29, 0.717) is 33.8 Å². The lowest BCUT2D eigenvalue weighted by molar-refractivity contribution is -0.599. The molecule has 0 saturated carbocycles. The Kier molecular flexibility index (Phi) is 3.78. The Bertz CT molecular complexity index is 876. The van der Waals surface area contributed by atoms with Gasteiger partial charge in [-0.15, -0.1) is 0 Å². The Balaban J connectivity index is 2.46. The van der Waals surface area contributed by atoms with Crippen molar-refractivity contribution >= 4 is 10.8 Å². The first kappa shape index (κ1) is 15.1. The Labute approximate surface area is 133 Å². The van der Waals surface area contributed by atoms with E-state index in [1.54, 1.807) is 38.3 Å². The van der Waals surface area contributed by atoms with Crippen LogP contribution in [0.5, 0.6) is 11.5 Å². The molecule has 2 aromatic carbocycles. The molecule has 0 bridgehead atoms. The number of hydrogen-bond acceptors (Lipinski definition) is 3. The first-order valence-corrected chi connectivity index (χ1v) is 7.10. The van der Waals surface area contributed by atoms with Gasteiger partial charge in [0.25, 0.3) is 0 Å². The fourth-order valence-electron chi connectivity index (χ4n) is 2.74. The number of nitrogens with zero attached hydrogens (tertiary/aromatic N) is 1. The van der Waals surface area contributed by atoms with Crippen LogP contribution in [0.25, 0.3) is 22.0 Å². The van der Waals surface area contributed by atoms with E-state index in [-0.39, 0.29) is 5.82 Å². The number of rotatable bonds is 3. The number of fused-ring (bicyclic) bond motifs is 1. The van der Waals surface area contributed by atoms with Gasteiger partial charge in [-0.2, -0.15) is 4.73 Å². The average Bonchev–Trinajstić information content (AvgIpc) is 2.56. The van der Waals surface area contributed by atoms with E-state index < -0.39 is 0 Å². The first-order valence-electron chi connectivity index (χ1n) is 7.10. The molecule has 0 fully saturated rings. The molecule has 0 aliphatic carbocycles. The highest BCUT2D eigenvalue weighted by Gasteiger charge is 2.22. The number of hydrogen-bond donors (Lipinski definition) is 0. The van der Waals surface area contributed by atoms with E-state index in [2.05, 4.69) is 0 Å². The Morgan fingerprint density at radius 1 is 1.00 bits per heavy atom. The van der Waals surface area contributed by atoms with E-state index in [0.717, 1.165) is 10.1 Å². The van der Waals surface area contributed by atoms with Gasteiger partial charge in [0, 0.05) is 18.6 Å². The number of benzene rings is 2. The Morgan fingerprint density at radius 3 is 2.30 bits per heavy atom. The van der Waals surface area contributed by atoms with Crippen LogP contribution in [0.15, 0.2) is 42.5 Å². The van der Waals surface area contributed by atoms with Crippen molar-refractivity contribution in [2.45, 2.75) is 6.92 Å². The lowest BCUT2D eigenvalue weighted by Gasteiger charge is -2.15. The summed E-state index contributed by atoms with van der Waals surface area (Å²) in [5.74, 6) is 0.661. The molecule has 1 aromatic heterocycles. The molecule has 0 N–H and O–H groups in total. The predicted molar refractivity (Wildman–Crippen MR) is 86.1 cm³/mol. The fraction of sp³-hybridized carbons (Fsp3) is 0.167. The van der Waals surface area contributed by atoms with Gasteiger partial charge in [0.1, 0.15) is 11.2 Å². The molecular formula is C18H16FNO3. The second-order valence-corrected chi connectivity index (χ2v) is 5.20. The number of ether oxygens (including phenoxy) is 2. The summed E-state index contributed by atoms with van der Waals surface area (Å²) in [5, 5.41) is 14.2. The largest absolute Gasteiger partial charge is 0.618 e. The highest BCUT2D eigenvalue weighted by molar-refractivity contribution is 5.99. The van der Waals surface area contributed by atoms with Crippen LogP contribution in [0.2, 0.25) is 0 Å². The van der Waals surface area contributed by atoms with Crippen molar-refractivity contribution in [1.82, 2.24) is 0 Å². The van der Waals surface area contributed by atoms with Crippen LogP contribution in [0.1, 0.15) is 5.69 Å². The van der Waals surface area contributed by atoms with Gasteiger partial charge < -0.3 is 14.7 Å². The van der Waals surface area contributed by atoms with E-state index in [4.69, 9.17) is 9.47 Å². The van der Waals surface area contributed by atoms with Crippen molar-refractivity contribution in [2.75, 3.05) is 14.2 Å². The van der Waals surface area contributed by atoms with E-state index in [9.17, 15) is 9.60 Å². The summed E-state index contributed by atoms with van der Waals surface area (Å²) in [6, 6.07) is 11.3. The van der Waals surface area contributed by atoms with Crippen LogP contribution >= 0.6 is 0 Å². The summed E-state index contributed by atoms with van der Waals surface area (Å²) in [4.78, 5) is 0. The molecule has 1 heterocycles. The molecule has 5 heteroatoms. The molecule has 0 spiro atoms. The van der Waals surface area contributed by atoms with E-state index >= 15 is 0 Å². The van der Waals surface area contributed by atoms with Crippen molar-refractivity contribution < 1.29 is 18.6 Å². The normalized spacial score (nSPS) is 10.8. The van der Waals surface area contributed by atoms with Gasteiger partial charge in [-0.25, -0.2) is 4.39 Å². The molecule has 3 rings (SSSR count). The maximum absolute atomic E-state index is 13.2. The van der Waals surface area contributed by atoms with Gasteiger partial charge in [0.2, 0.25) is 5.69 Å². The second kappa shape index (κ2) is 5.76. The molecule has 0 atom stereocenters. The monoisotopic (exact) mass is 313 g/mol. The standard InChI is InChI=1S/C18H16FNO3/c1-11-10-13-6-9-15(22-2)18(23-3)16(13)17(20(11)21)12-4-7-14(19)8-5-12/h4-10H,1-3H3. The summed E-state index contributed by atoms with van der Waals surface area (Å²) >= 11 is 0. The number of aromatic nitrogens is 1. The van der Waals surface area contributed by atoms with Gasteiger partial charge >= 0.3 is 0 Å². The molecule has 0 saturated heterocycles. The molecule has 3 aromatic rings. The predicted octanol–water partition coefficient (Wildman–Crippen LogP) is 3.60. The number of methoxy groups -OCH3 is 2. The molecular weight excluding hydrogens is 297 g/mol. The van der Waals surface area contributed by atoms with Crippen molar-refractivity contribution in [3.63, 3.8) is 0 Å². The Hall–Kier alpha value is -2.82. The minimum atomic E-state index is -0.354. The molecule has 23 heavy (non-hydrogen) atoms. The third-order valence-electron chi connectivity index (χ3n) is 3.82. The van der Waals surface area contributed by atoms with Gasteiger partial charge in [-0.1, -0.05) is 0 Å². The number of aryl methyl sites for hydroxylation is 1. The number of pyridine rings is 1. The summed E-state index contributed by atoms with van der Waals surface area (Å²) < 4.78 is 24.9.